The van der Waals surface area contributed by atoms with Crippen molar-refractivity contribution in [3.05, 3.63) is 59.7 Å². The Morgan fingerprint density at radius 3 is 2.39 bits per heavy atom. The van der Waals surface area contributed by atoms with Crippen molar-refractivity contribution in [3.63, 3.8) is 0 Å². The van der Waals surface area contributed by atoms with Crippen LogP contribution in [0.15, 0.2) is 48.5 Å². The van der Waals surface area contributed by atoms with E-state index in [1.807, 2.05) is 58.3 Å². The smallest absolute Gasteiger partial charge is 0.253 e. The average molecular weight is 421 g/mol. The number of hydrogen-bond acceptors (Lipinski definition) is 5. The minimum absolute atomic E-state index is 0.106. The quantitative estimate of drug-likeness (QED) is 0.739. The lowest BCUT2D eigenvalue weighted by molar-refractivity contribution is -0.139. The highest BCUT2D eigenvalue weighted by Crippen LogP contribution is 2.33. The van der Waals surface area contributed by atoms with Crippen molar-refractivity contribution in [2.24, 2.45) is 0 Å². The molecular formula is C24H27N3O4. The van der Waals surface area contributed by atoms with Gasteiger partial charge in [0.15, 0.2) is 11.5 Å². The van der Waals surface area contributed by atoms with Crippen LogP contribution >= 0.6 is 0 Å². The largest absolute Gasteiger partial charge is 0.454 e. The number of carbonyl (C=O) groups excluding carboxylic acids is 2. The van der Waals surface area contributed by atoms with Gasteiger partial charge in [-0.15, -0.1) is 0 Å². The molecule has 0 bridgehead atoms. The summed E-state index contributed by atoms with van der Waals surface area (Å²) in [4.78, 5) is 31.4. The molecule has 0 radical (unpaired) electrons. The highest BCUT2D eigenvalue weighted by molar-refractivity contribution is 5.94. The van der Waals surface area contributed by atoms with Gasteiger partial charge in [0.05, 0.1) is 0 Å². The Bertz CT molecular complexity index is 951. The third kappa shape index (κ3) is 4.23. The Balaban J connectivity index is 1.04. The number of carbonyl (C=O) groups is 2. The van der Waals surface area contributed by atoms with Gasteiger partial charge in [-0.25, -0.2) is 0 Å². The van der Waals surface area contributed by atoms with Crippen molar-refractivity contribution in [3.8, 4) is 11.5 Å². The number of hydrogen-bond donors (Lipinski definition) is 0. The van der Waals surface area contributed by atoms with Crippen LogP contribution in [-0.4, -0.2) is 78.6 Å². The molecule has 162 valence electrons. The first-order valence-electron chi connectivity index (χ1n) is 10.9. The molecule has 3 aliphatic rings. The van der Waals surface area contributed by atoms with Gasteiger partial charge < -0.3 is 19.3 Å². The number of likely N-dealkylation sites (tertiary alicyclic amines) is 1. The lowest BCUT2D eigenvalue weighted by Gasteiger charge is -2.48. The number of benzene rings is 2. The van der Waals surface area contributed by atoms with E-state index in [1.165, 1.54) is 0 Å². The average Bonchev–Trinajstić information content (AvgIpc) is 3.25. The zero-order chi connectivity index (χ0) is 21.2. The number of amides is 2. The van der Waals surface area contributed by atoms with Gasteiger partial charge in [-0.3, -0.25) is 14.5 Å². The number of rotatable bonds is 5. The zero-order valence-electron chi connectivity index (χ0n) is 17.5. The molecule has 0 N–H and O–H groups in total. The molecule has 0 atom stereocenters. The summed E-state index contributed by atoms with van der Waals surface area (Å²) in [5.74, 6) is 1.84. The molecule has 7 nitrogen and oxygen atoms in total. The van der Waals surface area contributed by atoms with Crippen LogP contribution in [-0.2, 0) is 11.2 Å². The van der Waals surface area contributed by atoms with Gasteiger partial charge >= 0.3 is 0 Å². The molecular weight excluding hydrogens is 394 g/mol. The van der Waals surface area contributed by atoms with E-state index in [0.717, 1.165) is 61.9 Å². The maximum atomic E-state index is 12.6. The van der Waals surface area contributed by atoms with Crippen molar-refractivity contribution in [2.45, 2.75) is 18.9 Å². The van der Waals surface area contributed by atoms with Crippen molar-refractivity contribution in [1.82, 2.24) is 14.7 Å². The van der Waals surface area contributed by atoms with Crippen molar-refractivity contribution in [1.29, 1.82) is 0 Å². The van der Waals surface area contributed by atoms with Gasteiger partial charge in [-0.1, -0.05) is 24.3 Å². The van der Waals surface area contributed by atoms with Gasteiger partial charge in [-0.05, 0) is 36.2 Å². The molecule has 2 aromatic rings. The number of piperazine rings is 1. The first-order valence-corrected chi connectivity index (χ1v) is 10.9. The maximum absolute atomic E-state index is 12.6. The molecule has 2 saturated heterocycles. The molecule has 5 rings (SSSR count). The fourth-order valence-corrected chi connectivity index (χ4v) is 4.45. The van der Waals surface area contributed by atoms with E-state index in [2.05, 4.69) is 4.90 Å². The summed E-state index contributed by atoms with van der Waals surface area (Å²) in [7, 11) is 0. The number of nitrogens with zero attached hydrogens (tertiary/aromatic N) is 3. The summed E-state index contributed by atoms with van der Waals surface area (Å²) in [6.45, 7) is 5.04. The first kappa shape index (κ1) is 19.9. The van der Waals surface area contributed by atoms with E-state index in [9.17, 15) is 9.59 Å². The molecule has 0 aliphatic carbocycles. The third-order valence-electron chi connectivity index (χ3n) is 6.42. The van der Waals surface area contributed by atoms with E-state index in [0.29, 0.717) is 18.9 Å². The van der Waals surface area contributed by atoms with Crippen LogP contribution in [0.2, 0.25) is 0 Å². The fraction of sp³-hybridized carbons (Fsp3) is 0.417. The predicted octanol–water partition coefficient (Wildman–Crippen LogP) is 2.02. The second-order valence-corrected chi connectivity index (χ2v) is 8.33. The van der Waals surface area contributed by atoms with Crippen LogP contribution in [0.3, 0.4) is 0 Å². The summed E-state index contributed by atoms with van der Waals surface area (Å²) < 4.78 is 10.7. The number of ether oxygens (including phenoxy) is 2. The minimum atomic E-state index is 0.106. The summed E-state index contributed by atoms with van der Waals surface area (Å²) in [6, 6.07) is 15.7. The highest BCUT2D eigenvalue weighted by Gasteiger charge is 2.36. The second-order valence-electron chi connectivity index (χ2n) is 8.33. The van der Waals surface area contributed by atoms with Crippen molar-refractivity contribution in [2.75, 3.05) is 46.1 Å². The SMILES string of the molecule is O=C(CCc1ccc2c(c1)OCO2)N1CC(N2CCN(C(=O)c3ccccc3)CC2)C1. The van der Waals surface area contributed by atoms with Gasteiger partial charge in [0.1, 0.15) is 0 Å². The van der Waals surface area contributed by atoms with Crippen LogP contribution in [0.4, 0.5) is 0 Å². The second kappa shape index (κ2) is 8.59. The van der Waals surface area contributed by atoms with E-state index >= 15 is 0 Å². The van der Waals surface area contributed by atoms with E-state index < -0.39 is 0 Å². The van der Waals surface area contributed by atoms with Crippen LogP contribution in [0.25, 0.3) is 0 Å². The molecule has 31 heavy (non-hydrogen) atoms. The molecule has 0 unspecified atom stereocenters. The normalized spacial score (nSPS) is 18.7. The summed E-state index contributed by atoms with van der Waals surface area (Å²) in [5, 5.41) is 0. The Hall–Kier alpha value is -3.06. The molecule has 2 amide bonds. The molecule has 3 heterocycles. The molecule has 2 aromatic carbocycles. The van der Waals surface area contributed by atoms with E-state index in [-0.39, 0.29) is 18.6 Å². The number of aryl methyl sites for hydroxylation is 1. The molecule has 0 saturated carbocycles. The lowest BCUT2D eigenvalue weighted by atomic mass is 10.0. The molecule has 3 aliphatic heterocycles. The van der Waals surface area contributed by atoms with Crippen LogP contribution in [0, 0.1) is 0 Å². The first-order chi connectivity index (χ1) is 15.2. The lowest BCUT2D eigenvalue weighted by Crippen LogP contribution is -2.64. The van der Waals surface area contributed by atoms with Crippen LogP contribution in [0.5, 0.6) is 11.5 Å². The van der Waals surface area contributed by atoms with Crippen molar-refractivity contribution < 1.29 is 19.1 Å². The zero-order valence-corrected chi connectivity index (χ0v) is 17.5. The molecule has 0 spiro atoms. The van der Waals surface area contributed by atoms with E-state index in [1.54, 1.807) is 0 Å². The molecule has 0 aromatic heterocycles. The fourth-order valence-electron chi connectivity index (χ4n) is 4.45. The molecule has 7 heteroatoms. The van der Waals surface area contributed by atoms with Gasteiger partial charge in [-0.2, -0.15) is 0 Å². The van der Waals surface area contributed by atoms with Crippen LogP contribution in [0.1, 0.15) is 22.3 Å². The van der Waals surface area contributed by atoms with Gasteiger partial charge in [0, 0.05) is 57.3 Å². The maximum Gasteiger partial charge on any atom is 0.253 e. The third-order valence-corrected chi connectivity index (χ3v) is 6.42. The van der Waals surface area contributed by atoms with Crippen molar-refractivity contribution >= 4 is 11.8 Å². The predicted molar refractivity (Wildman–Crippen MR) is 115 cm³/mol. The van der Waals surface area contributed by atoms with E-state index in [4.69, 9.17) is 9.47 Å². The summed E-state index contributed by atoms with van der Waals surface area (Å²) >= 11 is 0. The Morgan fingerprint density at radius 2 is 1.61 bits per heavy atom. The minimum Gasteiger partial charge on any atom is -0.454 e. The van der Waals surface area contributed by atoms with Gasteiger partial charge in [0.25, 0.3) is 5.91 Å². The highest BCUT2D eigenvalue weighted by atomic mass is 16.7. The topological polar surface area (TPSA) is 62.3 Å². The van der Waals surface area contributed by atoms with Gasteiger partial charge in [0.2, 0.25) is 12.7 Å². The van der Waals surface area contributed by atoms with Crippen LogP contribution < -0.4 is 9.47 Å². The Kier molecular flexibility index (Phi) is 5.51. The summed E-state index contributed by atoms with van der Waals surface area (Å²) in [6.07, 6.45) is 1.21. The molecule has 2 fully saturated rings. The summed E-state index contributed by atoms with van der Waals surface area (Å²) in [5.41, 5.74) is 1.84. The number of fused-ring (bicyclic) bond motifs is 1. The standard InChI is InChI=1S/C24H27N3O4/c28-23(9-7-18-6-8-21-22(14-18)31-17-30-21)27-15-20(16-27)25-10-12-26(13-11-25)24(29)19-4-2-1-3-5-19/h1-6,8,14,20H,7,9-13,15-17H2. The Labute approximate surface area is 182 Å². The Morgan fingerprint density at radius 1 is 0.871 bits per heavy atom. The monoisotopic (exact) mass is 421 g/mol.